The summed E-state index contributed by atoms with van der Waals surface area (Å²) in [5.41, 5.74) is 0.0993. The zero-order chi connectivity index (χ0) is 18.2. The van der Waals surface area contributed by atoms with Gasteiger partial charge in [0.25, 0.3) is 0 Å². The van der Waals surface area contributed by atoms with E-state index >= 15 is 0 Å². The van der Waals surface area contributed by atoms with E-state index in [1.807, 2.05) is 0 Å². The van der Waals surface area contributed by atoms with Crippen molar-refractivity contribution in [3.8, 4) is 11.8 Å². The molecule has 0 radical (unpaired) electrons. The smallest absolute Gasteiger partial charge is 0.387 e. The van der Waals surface area contributed by atoms with Crippen LogP contribution in [0.5, 0.6) is 5.75 Å². The van der Waals surface area contributed by atoms with Crippen LogP contribution in [0.15, 0.2) is 12.1 Å². The van der Waals surface area contributed by atoms with Crippen molar-refractivity contribution in [2.75, 3.05) is 7.11 Å². The summed E-state index contributed by atoms with van der Waals surface area (Å²) < 4.78 is 36.4. The standard InChI is InChI=1S/C16H14ClF2N3O3/c1-24-14(23)9-4-10-13(11(5-9)25-15(18)19)21-12(6-17)22(10)8-16(7-20)2-3-16/h4-5,15H,2-3,6,8H2,1H3. The summed E-state index contributed by atoms with van der Waals surface area (Å²) in [6.07, 6.45) is 1.48. The molecule has 132 valence electrons. The Morgan fingerprint density at radius 2 is 2.24 bits per heavy atom. The highest BCUT2D eigenvalue weighted by Gasteiger charge is 2.44. The highest BCUT2D eigenvalue weighted by Crippen LogP contribution is 2.47. The molecule has 1 aromatic heterocycles. The molecule has 1 fully saturated rings. The van der Waals surface area contributed by atoms with Gasteiger partial charge < -0.3 is 14.0 Å². The minimum Gasteiger partial charge on any atom is -0.465 e. The van der Waals surface area contributed by atoms with Crippen molar-refractivity contribution in [3.63, 3.8) is 0 Å². The Hall–Kier alpha value is -2.40. The minimum absolute atomic E-state index is 0.0257. The van der Waals surface area contributed by atoms with Crippen molar-refractivity contribution in [2.45, 2.75) is 31.9 Å². The van der Waals surface area contributed by atoms with E-state index in [9.17, 15) is 18.8 Å². The maximum absolute atomic E-state index is 12.7. The van der Waals surface area contributed by atoms with E-state index in [-0.39, 0.29) is 22.7 Å². The zero-order valence-corrected chi connectivity index (χ0v) is 14.0. The molecule has 0 aliphatic heterocycles. The highest BCUT2D eigenvalue weighted by atomic mass is 35.5. The number of alkyl halides is 3. The van der Waals surface area contributed by atoms with Gasteiger partial charge in [-0.2, -0.15) is 14.0 Å². The maximum atomic E-state index is 12.7. The van der Waals surface area contributed by atoms with Gasteiger partial charge in [-0.15, -0.1) is 11.6 Å². The average molecular weight is 370 g/mol. The summed E-state index contributed by atoms with van der Waals surface area (Å²) in [4.78, 5) is 16.1. The van der Waals surface area contributed by atoms with Crippen LogP contribution in [-0.2, 0) is 17.2 Å². The summed E-state index contributed by atoms with van der Waals surface area (Å²) in [7, 11) is 1.19. The molecule has 1 saturated carbocycles. The number of carbonyl (C=O) groups excluding carboxylic acids is 1. The number of carbonyl (C=O) groups is 1. The lowest BCUT2D eigenvalue weighted by atomic mass is 10.1. The molecule has 6 nitrogen and oxygen atoms in total. The molecule has 1 heterocycles. The van der Waals surface area contributed by atoms with Gasteiger partial charge in [0.05, 0.1) is 35.6 Å². The Bertz CT molecular complexity index is 872. The Morgan fingerprint density at radius 1 is 1.52 bits per heavy atom. The van der Waals surface area contributed by atoms with Crippen molar-refractivity contribution >= 4 is 28.6 Å². The average Bonchev–Trinajstić information content (AvgIpc) is 3.29. The zero-order valence-electron chi connectivity index (χ0n) is 13.3. The van der Waals surface area contributed by atoms with Gasteiger partial charge in [-0.3, -0.25) is 0 Å². The topological polar surface area (TPSA) is 77.1 Å². The SMILES string of the molecule is COC(=O)c1cc(OC(F)F)c2nc(CCl)n(CC3(C#N)CC3)c2c1. The highest BCUT2D eigenvalue weighted by molar-refractivity contribution is 6.17. The van der Waals surface area contributed by atoms with Gasteiger partial charge in [-0.25, -0.2) is 9.78 Å². The molecule has 1 aliphatic carbocycles. The molecular formula is C16H14ClF2N3O3. The number of imidazole rings is 1. The normalized spacial score (nSPS) is 15.2. The molecule has 0 amide bonds. The summed E-state index contributed by atoms with van der Waals surface area (Å²) in [6.45, 7) is -2.75. The third-order valence-corrected chi connectivity index (χ3v) is 4.45. The van der Waals surface area contributed by atoms with Gasteiger partial charge >= 0.3 is 12.6 Å². The molecule has 1 aliphatic rings. The van der Waals surface area contributed by atoms with Crippen molar-refractivity contribution < 1.29 is 23.0 Å². The number of benzene rings is 1. The van der Waals surface area contributed by atoms with Crippen LogP contribution in [0.1, 0.15) is 29.0 Å². The first kappa shape index (κ1) is 17.4. The molecule has 25 heavy (non-hydrogen) atoms. The van der Waals surface area contributed by atoms with E-state index in [2.05, 4.69) is 20.5 Å². The van der Waals surface area contributed by atoms with Crippen LogP contribution in [0.3, 0.4) is 0 Å². The van der Waals surface area contributed by atoms with Gasteiger partial charge in [0.15, 0.2) is 5.75 Å². The van der Waals surface area contributed by atoms with Gasteiger partial charge in [0, 0.05) is 6.54 Å². The molecule has 0 bridgehead atoms. The van der Waals surface area contributed by atoms with E-state index in [1.165, 1.54) is 13.2 Å². The van der Waals surface area contributed by atoms with Crippen molar-refractivity contribution in [2.24, 2.45) is 5.41 Å². The lowest BCUT2D eigenvalue weighted by Crippen LogP contribution is -2.12. The largest absolute Gasteiger partial charge is 0.465 e. The van der Waals surface area contributed by atoms with Crippen LogP contribution in [-0.4, -0.2) is 29.2 Å². The van der Waals surface area contributed by atoms with Crippen molar-refractivity contribution in [3.05, 3.63) is 23.5 Å². The molecule has 3 rings (SSSR count). The van der Waals surface area contributed by atoms with Crippen LogP contribution < -0.4 is 4.74 Å². The van der Waals surface area contributed by atoms with Gasteiger partial charge in [0.1, 0.15) is 11.3 Å². The van der Waals surface area contributed by atoms with Crippen LogP contribution in [0, 0.1) is 16.7 Å². The first-order valence-electron chi connectivity index (χ1n) is 7.46. The molecule has 0 spiro atoms. The summed E-state index contributed by atoms with van der Waals surface area (Å²) in [5.74, 6) is -0.487. The number of esters is 1. The number of methoxy groups -OCH3 is 1. The Kier molecular flexibility index (Phi) is 4.52. The third kappa shape index (κ3) is 3.24. The molecule has 0 N–H and O–H groups in total. The van der Waals surface area contributed by atoms with Crippen LogP contribution in [0.4, 0.5) is 8.78 Å². The van der Waals surface area contributed by atoms with E-state index in [1.54, 1.807) is 4.57 Å². The van der Waals surface area contributed by atoms with Crippen LogP contribution in [0.25, 0.3) is 11.0 Å². The summed E-state index contributed by atoms with van der Waals surface area (Å²) >= 11 is 5.94. The molecule has 0 unspecified atom stereocenters. The van der Waals surface area contributed by atoms with E-state index in [0.29, 0.717) is 17.9 Å². The molecule has 9 heteroatoms. The second-order valence-electron chi connectivity index (χ2n) is 5.85. The van der Waals surface area contributed by atoms with Gasteiger partial charge in [-0.05, 0) is 25.0 Å². The minimum atomic E-state index is -3.07. The Morgan fingerprint density at radius 3 is 2.76 bits per heavy atom. The summed E-state index contributed by atoms with van der Waals surface area (Å²) in [6, 6.07) is 4.91. The third-order valence-electron chi connectivity index (χ3n) is 4.21. The first-order chi connectivity index (χ1) is 11.9. The summed E-state index contributed by atoms with van der Waals surface area (Å²) in [5, 5.41) is 9.33. The quantitative estimate of drug-likeness (QED) is 0.575. The number of halogens is 3. The number of rotatable bonds is 6. The fourth-order valence-electron chi connectivity index (χ4n) is 2.70. The van der Waals surface area contributed by atoms with E-state index < -0.39 is 18.0 Å². The van der Waals surface area contributed by atoms with E-state index in [0.717, 1.165) is 18.9 Å². The monoisotopic (exact) mass is 369 g/mol. The number of nitriles is 1. The molecule has 2 aromatic rings. The number of ether oxygens (including phenoxy) is 2. The number of aromatic nitrogens is 2. The number of hydrogen-bond acceptors (Lipinski definition) is 5. The number of hydrogen-bond donors (Lipinski definition) is 0. The fourth-order valence-corrected chi connectivity index (χ4v) is 2.90. The number of nitrogens with zero attached hydrogens (tertiary/aromatic N) is 3. The first-order valence-corrected chi connectivity index (χ1v) is 8.00. The predicted octanol–water partition coefficient (Wildman–Crippen LogP) is 3.47. The lowest BCUT2D eigenvalue weighted by molar-refractivity contribution is -0.0489. The van der Waals surface area contributed by atoms with E-state index in [4.69, 9.17) is 11.6 Å². The van der Waals surface area contributed by atoms with Crippen LogP contribution >= 0.6 is 11.6 Å². The fraction of sp³-hybridized carbons (Fsp3) is 0.438. The van der Waals surface area contributed by atoms with Gasteiger partial charge in [-0.1, -0.05) is 0 Å². The number of fused-ring (bicyclic) bond motifs is 1. The molecule has 0 saturated heterocycles. The second-order valence-corrected chi connectivity index (χ2v) is 6.12. The molecule has 0 atom stereocenters. The second kappa shape index (κ2) is 6.48. The van der Waals surface area contributed by atoms with Gasteiger partial charge in [0.2, 0.25) is 0 Å². The molecule has 1 aromatic carbocycles. The Balaban J connectivity index is 2.20. The predicted molar refractivity (Wildman–Crippen MR) is 84.5 cm³/mol. The Labute approximate surface area is 146 Å². The van der Waals surface area contributed by atoms with Crippen molar-refractivity contribution in [1.82, 2.24) is 9.55 Å². The molecular weight excluding hydrogens is 356 g/mol. The van der Waals surface area contributed by atoms with Crippen molar-refractivity contribution in [1.29, 1.82) is 5.26 Å². The van der Waals surface area contributed by atoms with Crippen LogP contribution in [0.2, 0.25) is 0 Å². The maximum Gasteiger partial charge on any atom is 0.387 e. The lowest BCUT2D eigenvalue weighted by Gasteiger charge is -2.12.